The molecule has 1 N–H and O–H groups in total. The smallest absolute Gasteiger partial charge is 0.234 e. The largest absolute Gasteiger partial charge is 0.486 e. The first-order valence-corrected chi connectivity index (χ1v) is 8.01. The second kappa shape index (κ2) is 6.89. The maximum absolute atomic E-state index is 12.0. The molecule has 1 amide bonds. The average molecular weight is 337 g/mol. The van der Waals surface area contributed by atoms with Crippen molar-refractivity contribution in [1.82, 2.24) is 4.98 Å². The number of halogens is 1. The Morgan fingerprint density at radius 2 is 2.05 bits per heavy atom. The number of nitrogens with zero attached hydrogens (tertiary/aromatic N) is 1. The lowest BCUT2D eigenvalue weighted by molar-refractivity contribution is -0.113. The van der Waals surface area contributed by atoms with Gasteiger partial charge in [0, 0.05) is 18.3 Å². The van der Waals surface area contributed by atoms with Crippen molar-refractivity contribution in [2.45, 2.75) is 5.03 Å². The predicted octanol–water partition coefficient (Wildman–Crippen LogP) is 3.24. The maximum Gasteiger partial charge on any atom is 0.234 e. The first kappa shape index (κ1) is 15.0. The maximum atomic E-state index is 12.0. The number of carbonyl (C=O) groups is 1. The summed E-state index contributed by atoms with van der Waals surface area (Å²) in [5.74, 6) is 1.27. The van der Waals surface area contributed by atoms with Crippen LogP contribution in [0.5, 0.6) is 11.5 Å². The number of amides is 1. The Hall–Kier alpha value is -1.92. The van der Waals surface area contributed by atoms with Gasteiger partial charge in [-0.3, -0.25) is 4.79 Å². The van der Waals surface area contributed by atoms with Crippen LogP contribution in [0.2, 0.25) is 5.02 Å². The molecule has 1 aromatic carbocycles. The summed E-state index contributed by atoms with van der Waals surface area (Å²) in [5, 5.41) is 3.99. The number of pyridine rings is 1. The molecule has 2 aromatic rings. The van der Waals surface area contributed by atoms with E-state index >= 15 is 0 Å². The van der Waals surface area contributed by atoms with Crippen molar-refractivity contribution in [1.29, 1.82) is 0 Å². The number of thioether (sulfide) groups is 1. The summed E-state index contributed by atoms with van der Waals surface area (Å²) >= 11 is 7.51. The zero-order chi connectivity index (χ0) is 15.4. The third kappa shape index (κ3) is 3.64. The summed E-state index contributed by atoms with van der Waals surface area (Å²) in [5.41, 5.74) is 0.512. The van der Waals surface area contributed by atoms with Gasteiger partial charge in [-0.15, -0.1) is 0 Å². The van der Waals surface area contributed by atoms with Gasteiger partial charge in [-0.05, 0) is 12.1 Å². The summed E-state index contributed by atoms with van der Waals surface area (Å²) in [6.07, 6.45) is 1.69. The van der Waals surface area contributed by atoms with Gasteiger partial charge >= 0.3 is 0 Å². The first-order valence-electron chi connectivity index (χ1n) is 6.65. The molecule has 1 aliphatic rings. The number of ether oxygens (including phenoxy) is 2. The van der Waals surface area contributed by atoms with Crippen LogP contribution in [0.25, 0.3) is 0 Å². The zero-order valence-electron chi connectivity index (χ0n) is 11.5. The number of anilines is 1. The minimum atomic E-state index is -0.158. The van der Waals surface area contributed by atoms with E-state index in [9.17, 15) is 4.79 Å². The third-order valence-corrected chi connectivity index (χ3v) is 4.15. The Balaban J connectivity index is 1.64. The van der Waals surface area contributed by atoms with E-state index < -0.39 is 0 Å². The fraction of sp³-hybridized carbons (Fsp3) is 0.200. The quantitative estimate of drug-likeness (QED) is 0.868. The minimum absolute atomic E-state index is 0.158. The number of fused-ring (bicyclic) bond motifs is 1. The number of hydrogen-bond donors (Lipinski definition) is 1. The van der Waals surface area contributed by atoms with E-state index in [1.807, 2.05) is 18.2 Å². The molecule has 0 fully saturated rings. The molecule has 1 aromatic heterocycles. The first-order chi connectivity index (χ1) is 10.7. The highest BCUT2D eigenvalue weighted by atomic mass is 35.5. The van der Waals surface area contributed by atoms with Crippen LogP contribution >= 0.6 is 23.4 Å². The molecule has 0 unspecified atom stereocenters. The molecule has 0 atom stereocenters. The van der Waals surface area contributed by atoms with Gasteiger partial charge in [-0.2, -0.15) is 0 Å². The van der Waals surface area contributed by atoms with Gasteiger partial charge in [0.2, 0.25) is 5.91 Å². The number of hydrogen-bond acceptors (Lipinski definition) is 5. The molecular weight excluding hydrogens is 324 g/mol. The summed E-state index contributed by atoms with van der Waals surface area (Å²) in [7, 11) is 0. The molecule has 5 nitrogen and oxygen atoms in total. The lowest BCUT2D eigenvalue weighted by Crippen LogP contribution is -2.17. The molecule has 2 heterocycles. The van der Waals surface area contributed by atoms with Gasteiger partial charge in [0.25, 0.3) is 0 Å². The van der Waals surface area contributed by atoms with Crippen molar-refractivity contribution in [3.05, 3.63) is 41.6 Å². The number of aromatic nitrogens is 1. The second-order valence-electron chi connectivity index (χ2n) is 4.48. The zero-order valence-corrected chi connectivity index (χ0v) is 13.1. The van der Waals surface area contributed by atoms with Crippen LogP contribution in [0.3, 0.4) is 0 Å². The average Bonchev–Trinajstić information content (AvgIpc) is 2.55. The molecule has 7 heteroatoms. The van der Waals surface area contributed by atoms with Crippen molar-refractivity contribution in [2.24, 2.45) is 0 Å². The monoisotopic (exact) mass is 336 g/mol. The van der Waals surface area contributed by atoms with Gasteiger partial charge in [0.05, 0.1) is 21.5 Å². The highest BCUT2D eigenvalue weighted by Crippen LogP contribution is 2.38. The van der Waals surface area contributed by atoms with Crippen molar-refractivity contribution >= 4 is 35.0 Å². The minimum Gasteiger partial charge on any atom is -0.486 e. The normalized spacial score (nSPS) is 12.8. The van der Waals surface area contributed by atoms with E-state index in [0.29, 0.717) is 35.4 Å². The number of nitrogens with one attached hydrogen (secondary N) is 1. The van der Waals surface area contributed by atoms with E-state index in [1.165, 1.54) is 11.8 Å². The molecular formula is C15H13ClN2O3S. The molecule has 3 rings (SSSR count). The van der Waals surface area contributed by atoms with E-state index in [1.54, 1.807) is 18.3 Å². The highest BCUT2D eigenvalue weighted by Gasteiger charge is 2.16. The van der Waals surface area contributed by atoms with Crippen molar-refractivity contribution in [3.63, 3.8) is 0 Å². The molecule has 0 aliphatic carbocycles. The fourth-order valence-corrected chi connectivity index (χ4v) is 2.78. The van der Waals surface area contributed by atoms with Crippen LogP contribution in [0, 0.1) is 0 Å². The Bertz CT molecular complexity index is 682. The summed E-state index contributed by atoms with van der Waals surface area (Å²) in [6.45, 7) is 0.979. The van der Waals surface area contributed by atoms with E-state index in [2.05, 4.69) is 10.3 Å². The lowest BCUT2D eigenvalue weighted by atomic mass is 10.2. The third-order valence-electron chi connectivity index (χ3n) is 2.89. The van der Waals surface area contributed by atoms with Crippen LogP contribution in [0.4, 0.5) is 5.69 Å². The Morgan fingerprint density at radius 3 is 2.77 bits per heavy atom. The molecule has 0 spiro atoms. The molecule has 0 bridgehead atoms. The van der Waals surface area contributed by atoms with Gasteiger partial charge in [0.1, 0.15) is 13.2 Å². The Morgan fingerprint density at radius 1 is 1.27 bits per heavy atom. The van der Waals surface area contributed by atoms with Gasteiger partial charge < -0.3 is 14.8 Å². The van der Waals surface area contributed by atoms with E-state index in [4.69, 9.17) is 21.1 Å². The van der Waals surface area contributed by atoms with E-state index in [0.717, 1.165) is 5.03 Å². The second-order valence-corrected chi connectivity index (χ2v) is 5.88. The lowest BCUT2D eigenvalue weighted by Gasteiger charge is -2.20. The van der Waals surface area contributed by atoms with Crippen molar-refractivity contribution in [3.8, 4) is 11.5 Å². The van der Waals surface area contributed by atoms with Crippen molar-refractivity contribution in [2.75, 3.05) is 24.3 Å². The summed E-state index contributed by atoms with van der Waals surface area (Å²) in [6, 6.07) is 8.90. The number of carbonyl (C=O) groups excluding carboxylic acids is 1. The van der Waals surface area contributed by atoms with Crippen LogP contribution in [-0.4, -0.2) is 29.9 Å². The highest BCUT2D eigenvalue weighted by molar-refractivity contribution is 7.99. The molecule has 0 saturated heterocycles. The van der Waals surface area contributed by atoms with Crippen LogP contribution in [0.1, 0.15) is 0 Å². The van der Waals surface area contributed by atoms with Gasteiger partial charge in [-0.1, -0.05) is 29.4 Å². The van der Waals surface area contributed by atoms with Crippen molar-refractivity contribution < 1.29 is 14.3 Å². The molecule has 114 valence electrons. The van der Waals surface area contributed by atoms with E-state index in [-0.39, 0.29) is 11.7 Å². The van der Waals surface area contributed by atoms with Gasteiger partial charge in [-0.25, -0.2) is 4.98 Å². The Labute approximate surface area is 137 Å². The topological polar surface area (TPSA) is 60.5 Å². The molecule has 1 aliphatic heterocycles. The molecule has 0 saturated carbocycles. The molecule has 22 heavy (non-hydrogen) atoms. The summed E-state index contributed by atoms with van der Waals surface area (Å²) < 4.78 is 10.9. The number of benzene rings is 1. The van der Waals surface area contributed by atoms with Gasteiger partial charge in [0.15, 0.2) is 11.5 Å². The number of rotatable bonds is 4. The predicted molar refractivity (Wildman–Crippen MR) is 86.0 cm³/mol. The summed E-state index contributed by atoms with van der Waals surface area (Å²) in [4.78, 5) is 16.2. The SMILES string of the molecule is O=C(CSc1ccccn1)Nc1cc2c(cc1Cl)OCCO2. The fourth-order valence-electron chi connectivity index (χ4n) is 1.92. The van der Waals surface area contributed by atoms with Crippen LogP contribution in [0.15, 0.2) is 41.6 Å². The molecule has 0 radical (unpaired) electrons. The Kier molecular flexibility index (Phi) is 4.70. The standard InChI is InChI=1S/C15H13ClN2O3S/c16-10-7-12-13(21-6-5-20-12)8-11(10)18-14(19)9-22-15-3-1-2-4-17-15/h1-4,7-8H,5-6,9H2,(H,18,19). The van der Waals surface area contributed by atoms with Crippen LogP contribution < -0.4 is 14.8 Å². The van der Waals surface area contributed by atoms with Crippen LogP contribution in [-0.2, 0) is 4.79 Å².